The number of hydroxylamine groups is 2. The Morgan fingerprint density at radius 2 is 1.55 bits per heavy atom. The van der Waals surface area contributed by atoms with E-state index in [1.165, 1.54) is 0 Å². The van der Waals surface area contributed by atoms with Crippen molar-refractivity contribution >= 4 is 0 Å². The van der Waals surface area contributed by atoms with E-state index in [2.05, 4.69) is 53.5 Å². The summed E-state index contributed by atoms with van der Waals surface area (Å²) in [5, 5.41) is 11.8. The second-order valence-electron chi connectivity index (χ2n) is 10.4. The van der Waals surface area contributed by atoms with Crippen LogP contribution in [0.25, 0.3) is 0 Å². The largest absolute Gasteiger partial charge is 0.508 e. The molecular weight excluding hydrogens is 366 g/mol. The van der Waals surface area contributed by atoms with Crippen molar-refractivity contribution in [2.45, 2.75) is 97.1 Å². The normalized spacial score (nSPS) is 26.3. The molecule has 2 aliphatic rings. The summed E-state index contributed by atoms with van der Waals surface area (Å²) in [4.78, 5) is 6.65. The molecule has 0 aliphatic carbocycles. The summed E-state index contributed by atoms with van der Waals surface area (Å²) in [6, 6.07) is 7.27. The van der Waals surface area contributed by atoms with Gasteiger partial charge >= 0.3 is 0 Å². The zero-order valence-electron chi connectivity index (χ0n) is 19.2. The van der Waals surface area contributed by atoms with Crippen molar-refractivity contribution in [2.75, 3.05) is 13.2 Å². The first-order valence-corrected chi connectivity index (χ1v) is 11.0. The molecule has 1 aromatic carbocycles. The van der Waals surface area contributed by atoms with Crippen LogP contribution in [0.15, 0.2) is 24.3 Å². The Hall–Kier alpha value is -1.14. The van der Waals surface area contributed by atoms with Crippen molar-refractivity contribution in [3.05, 3.63) is 29.8 Å². The minimum Gasteiger partial charge on any atom is -0.508 e. The highest BCUT2D eigenvalue weighted by Gasteiger charge is 2.59. The van der Waals surface area contributed by atoms with Gasteiger partial charge in [0.15, 0.2) is 5.79 Å². The maximum atomic E-state index is 9.60. The van der Waals surface area contributed by atoms with Gasteiger partial charge in [-0.1, -0.05) is 39.8 Å². The highest BCUT2D eigenvalue weighted by Crippen LogP contribution is 2.51. The first kappa shape index (κ1) is 22.5. The minimum atomic E-state index is -0.549. The fourth-order valence-electron chi connectivity index (χ4n) is 4.96. The van der Waals surface area contributed by atoms with E-state index in [-0.39, 0.29) is 28.3 Å². The number of hydrogen-bond donors (Lipinski definition) is 1. The van der Waals surface area contributed by atoms with Crippen molar-refractivity contribution < 1.29 is 19.4 Å². The quantitative estimate of drug-likeness (QED) is 0.692. The molecule has 5 nitrogen and oxygen atoms in total. The highest BCUT2D eigenvalue weighted by atomic mass is 16.7. The Kier molecular flexibility index (Phi) is 6.10. The lowest BCUT2D eigenvalue weighted by Gasteiger charge is -2.61. The average molecular weight is 406 g/mol. The number of benzene rings is 1. The van der Waals surface area contributed by atoms with Crippen LogP contribution in [0, 0.1) is 5.41 Å². The zero-order valence-corrected chi connectivity index (χ0v) is 19.2. The van der Waals surface area contributed by atoms with Gasteiger partial charge in [-0.3, -0.25) is 4.84 Å². The van der Waals surface area contributed by atoms with E-state index < -0.39 is 5.79 Å². The molecule has 2 heterocycles. The number of piperidine rings is 1. The molecule has 0 amide bonds. The summed E-state index contributed by atoms with van der Waals surface area (Å²) in [6.45, 7) is 16.8. The van der Waals surface area contributed by atoms with E-state index >= 15 is 0 Å². The third-order valence-electron chi connectivity index (χ3n) is 6.68. The van der Waals surface area contributed by atoms with Gasteiger partial charge in [0.1, 0.15) is 11.9 Å². The number of aromatic hydroxyl groups is 1. The molecule has 0 bridgehead atoms. The van der Waals surface area contributed by atoms with Gasteiger partial charge in [-0.15, -0.1) is 0 Å². The van der Waals surface area contributed by atoms with E-state index in [1.54, 1.807) is 12.1 Å². The molecule has 0 aromatic heterocycles. The lowest BCUT2D eigenvalue weighted by atomic mass is 9.72. The number of rotatable bonds is 5. The Bertz CT molecular complexity index is 683. The van der Waals surface area contributed by atoms with Crippen LogP contribution in [0.5, 0.6) is 5.75 Å². The predicted molar refractivity (Wildman–Crippen MR) is 114 cm³/mol. The van der Waals surface area contributed by atoms with Crippen LogP contribution in [-0.4, -0.2) is 40.2 Å². The summed E-state index contributed by atoms with van der Waals surface area (Å²) in [5.41, 5.74) is 0.676. The van der Waals surface area contributed by atoms with E-state index in [9.17, 15) is 5.11 Å². The second-order valence-corrected chi connectivity index (χ2v) is 10.4. The SMILES string of the molecule is CCC1(CC)CC2(CC(C)(C)N1OC(C)c1ccc(O)cc1)OCC(C)(C)CO2. The number of phenolic OH excluding ortho intramolecular Hbond substituents is 1. The van der Waals surface area contributed by atoms with Crippen molar-refractivity contribution in [1.82, 2.24) is 5.06 Å². The highest BCUT2D eigenvalue weighted by molar-refractivity contribution is 5.27. The fraction of sp³-hybridized carbons (Fsp3) is 0.750. The van der Waals surface area contributed by atoms with E-state index in [0.717, 1.165) is 44.5 Å². The average Bonchev–Trinajstić information content (AvgIpc) is 2.67. The van der Waals surface area contributed by atoms with Gasteiger partial charge in [0.2, 0.25) is 0 Å². The first-order chi connectivity index (χ1) is 13.5. The third kappa shape index (κ3) is 4.48. The summed E-state index contributed by atoms with van der Waals surface area (Å²) >= 11 is 0. The molecule has 0 radical (unpaired) electrons. The molecular formula is C24H39NO4. The molecule has 1 aromatic rings. The smallest absolute Gasteiger partial charge is 0.172 e. The van der Waals surface area contributed by atoms with E-state index in [0.29, 0.717) is 0 Å². The number of nitrogens with zero attached hydrogens (tertiary/aromatic N) is 1. The van der Waals surface area contributed by atoms with Crippen molar-refractivity contribution in [1.29, 1.82) is 0 Å². The lowest BCUT2D eigenvalue weighted by molar-refractivity contribution is -0.393. The molecule has 29 heavy (non-hydrogen) atoms. The summed E-state index contributed by atoms with van der Waals surface area (Å²) < 4.78 is 12.9. The molecule has 2 saturated heterocycles. The molecule has 2 fully saturated rings. The van der Waals surface area contributed by atoms with Crippen LogP contribution < -0.4 is 0 Å². The summed E-state index contributed by atoms with van der Waals surface area (Å²) in [5.74, 6) is -0.278. The molecule has 2 aliphatic heterocycles. The Morgan fingerprint density at radius 1 is 1.00 bits per heavy atom. The van der Waals surface area contributed by atoms with Gasteiger partial charge in [0.05, 0.1) is 18.8 Å². The summed E-state index contributed by atoms with van der Waals surface area (Å²) in [6.07, 6.45) is 3.35. The molecule has 5 heteroatoms. The molecule has 1 N–H and O–H groups in total. The van der Waals surface area contributed by atoms with Gasteiger partial charge < -0.3 is 14.6 Å². The van der Waals surface area contributed by atoms with Crippen molar-refractivity contribution in [3.8, 4) is 5.75 Å². The Labute approximate surface area is 176 Å². The van der Waals surface area contributed by atoms with Gasteiger partial charge in [-0.2, -0.15) is 5.06 Å². The molecule has 1 unspecified atom stereocenters. The number of phenols is 1. The number of ether oxygens (including phenoxy) is 2. The van der Waals surface area contributed by atoms with E-state index in [1.807, 2.05) is 12.1 Å². The fourth-order valence-corrected chi connectivity index (χ4v) is 4.96. The molecule has 0 saturated carbocycles. The molecule has 1 spiro atoms. The Morgan fingerprint density at radius 3 is 2.07 bits per heavy atom. The standard InChI is InChI=1S/C24H39NO4/c1-8-23(9-2)15-24(27-16-21(4,5)17-28-24)14-22(6,7)25(23)29-18(3)19-10-12-20(26)13-11-19/h10-13,18,26H,8-9,14-17H2,1-7H3. The first-order valence-electron chi connectivity index (χ1n) is 11.0. The minimum absolute atomic E-state index is 0.0531. The van der Waals surface area contributed by atoms with Crippen LogP contribution >= 0.6 is 0 Å². The van der Waals surface area contributed by atoms with Crippen LogP contribution in [0.4, 0.5) is 0 Å². The molecule has 3 rings (SSSR count). The maximum absolute atomic E-state index is 9.60. The number of hydrogen-bond acceptors (Lipinski definition) is 5. The van der Waals surface area contributed by atoms with Gasteiger partial charge in [-0.05, 0) is 51.3 Å². The zero-order chi connectivity index (χ0) is 21.5. The Balaban J connectivity index is 1.87. The van der Waals surface area contributed by atoms with Gasteiger partial charge in [0, 0.05) is 23.8 Å². The van der Waals surface area contributed by atoms with Crippen LogP contribution in [0.3, 0.4) is 0 Å². The van der Waals surface area contributed by atoms with Crippen LogP contribution in [-0.2, 0) is 14.3 Å². The second kappa shape index (κ2) is 7.84. The third-order valence-corrected chi connectivity index (χ3v) is 6.68. The maximum Gasteiger partial charge on any atom is 0.172 e. The van der Waals surface area contributed by atoms with Gasteiger partial charge in [0.25, 0.3) is 0 Å². The van der Waals surface area contributed by atoms with Crippen LogP contribution in [0.2, 0.25) is 0 Å². The topological polar surface area (TPSA) is 51.2 Å². The predicted octanol–water partition coefficient (Wildman–Crippen LogP) is 5.59. The van der Waals surface area contributed by atoms with Gasteiger partial charge in [-0.25, -0.2) is 0 Å². The van der Waals surface area contributed by atoms with Crippen LogP contribution in [0.1, 0.15) is 85.8 Å². The van der Waals surface area contributed by atoms with Crippen molar-refractivity contribution in [2.24, 2.45) is 5.41 Å². The monoisotopic (exact) mass is 405 g/mol. The molecule has 164 valence electrons. The van der Waals surface area contributed by atoms with E-state index in [4.69, 9.17) is 14.3 Å². The lowest BCUT2D eigenvalue weighted by Crippen LogP contribution is -2.69. The summed E-state index contributed by atoms with van der Waals surface area (Å²) in [7, 11) is 0. The van der Waals surface area contributed by atoms with Crippen molar-refractivity contribution in [3.63, 3.8) is 0 Å². The molecule has 1 atom stereocenters.